The maximum absolute atomic E-state index is 12.2. The van der Waals surface area contributed by atoms with E-state index in [9.17, 15) is 15.0 Å². The number of aliphatic hydroxyl groups excluding tert-OH is 1. The second-order valence-corrected chi connectivity index (χ2v) is 6.65. The SMILES string of the molecule is COC(=O)C1=C(O)/C(=C\c2cccc(O)c2)SC1=Nc1ccccc1C. The highest BCUT2D eigenvalue weighted by atomic mass is 32.2. The van der Waals surface area contributed by atoms with Gasteiger partial charge in [-0.1, -0.05) is 42.1 Å². The van der Waals surface area contributed by atoms with Crippen molar-refractivity contribution in [3.63, 3.8) is 0 Å². The number of carbonyl (C=O) groups is 1. The molecular weight excluding hydrogens is 350 g/mol. The minimum absolute atomic E-state index is 0.0344. The molecule has 2 aromatic carbocycles. The van der Waals surface area contributed by atoms with Gasteiger partial charge in [0.25, 0.3) is 0 Å². The number of methoxy groups -OCH3 is 1. The second-order valence-electron chi connectivity index (χ2n) is 5.62. The molecule has 0 unspecified atom stereocenters. The number of thioether (sulfide) groups is 1. The molecule has 1 aliphatic heterocycles. The molecule has 0 spiro atoms. The van der Waals surface area contributed by atoms with Crippen molar-refractivity contribution in [3.05, 3.63) is 75.9 Å². The highest BCUT2D eigenvalue weighted by molar-refractivity contribution is 8.18. The Hall–Kier alpha value is -2.99. The lowest BCUT2D eigenvalue weighted by Gasteiger charge is -2.03. The Morgan fingerprint density at radius 3 is 2.62 bits per heavy atom. The largest absolute Gasteiger partial charge is 0.508 e. The fraction of sp³-hybridized carbons (Fsp3) is 0.100. The molecule has 0 radical (unpaired) electrons. The average Bonchev–Trinajstić information content (AvgIpc) is 2.92. The first-order valence-corrected chi connectivity index (χ1v) is 8.66. The van der Waals surface area contributed by atoms with Crippen LogP contribution in [0, 0.1) is 6.92 Å². The summed E-state index contributed by atoms with van der Waals surface area (Å²) in [5.74, 6) is -0.716. The molecule has 0 aromatic heterocycles. The van der Waals surface area contributed by atoms with E-state index in [2.05, 4.69) is 4.99 Å². The first kappa shape index (κ1) is 17.8. The van der Waals surface area contributed by atoms with E-state index in [-0.39, 0.29) is 17.1 Å². The highest BCUT2D eigenvalue weighted by Crippen LogP contribution is 2.40. The third kappa shape index (κ3) is 3.65. The quantitative estimate of drug-likeness (QED) is 0.781. The van der Waals surface area contributed by atoms with Crippen LogP contribution in [-0.2, 0) is 9.53 Å². The van der Waals surface area contributed by atoms with Gasteiger partial charge in [0, 0.05) is 0 Å². The van der Waals surface area contributed by atoms with Crippen molar-refractivity contribution in [2.45, 2.75) is 6.92 Å². The van der Waals surface area contributed by atoms with Crippen LogP contribution >= 0.6 is 11.8 Å². The van der Waals surface area contributed by atoms with E-state index in [1.807, 2.05) is 31.2 Å². The fourth-order valence-electron chi connectivity index (χ4n) is 2.45. The van der Waals surface area contributed by atoms with E-state index in [1.165, 1.54) is 18.9 Å². The molecule has 132 valence electrons. The van der Waals surface area contributed by atoms with Gasteiger partial charge in [0.15, 0.2) is 0 Å². The number of nitrogens with zero attached hydrogens (tertiary/aromatic N) is 1. The molecule has 0 bridgehead atoms. The van der Waals surface area contributed by atoms with Crippen molar-refractivity contribution < 1.29 is 19.7 Å². The van der Waals surface area contributed by atoms with Gasteiger partial charge in [-0.3, -0.25) is 0 Å². The molecule has 2 aromatic rings. The van der Waals surface area contributed by atoms with Crippen LogP contribution in [0.4, 0.5) is 5.69 Å². The number of para-hydroxylation sites is 1. The van der Waals surface area contributed by atoms with Crippen molar-refractivity contribution >= 4 is 34.5 Å². The summed E-state index contributed by atoms with van der Waals surface area (Å²) < 4.78 is 4.80. The number of phenols is 1. The molecule has 2 N–H and O–H groups in total. The van der Waals surface area contributed by atoms with Gasteiger partial charge in [-0.25, -0.2) is 9.79 Å². The number of hydrogen-bond donors (Lipinski definition) is 2. The highest BCUT2D eigenvalue weighted by Gasteiger charge is 2.33. The molecule has 1 aliphatic rings. The first-order valence-electron chi connectivity index (χ1n) is 7.85. The van der Waals surface area contributed by atoms with Crippen LogP contribution in [0.25, 0.3) is 6.08 Å². The van der Waals surface area contributed by atoms with Gasteiger partial charge < -0.3 is 14.9 Å². The monoisotopic (exact) mass is 367 g/mol. The third-order valence-corrected chi connectivity index (χ3v) is 4.81. The van der Waals surface area contributed by atoms with E-state index in [0.29, 0.717) is 21.2 Å². The lowest BCUT2D eigenvalue weighted by molar-refractivity contribution is -0.135. The van der Waals surface area contributed by atoms with Gasteiger partial charge in [-0.15, -0.1) is 0 Å². The number of ether oxygens (including phenoxy) is 1. The number of phenolic OH excluding ortho intramolecular Hbond substituents is 1. The number of esters is 1. The van der Waals surface area contributed by atoms with Crippen LogP contribution in [0.2, 0.25) is 0 Å². The van der Waals surface area contributed by atoms with Gasteiger partial charge in [0.05, 0.1) is 17.7 Å². The topological polar surface area (TPSA) is 79.1 Å². The van der Waals surface area contributed by atoms with Crippen molar-refractivity contribution in [1.82, 2.24) is 0 Å². The van der Waals surface area contributed by atoms with E-state index in [0.717, 1.165) is 5.56 Å². The molecule has 3 rings (SSSR count). The summed E-state index contributed by atoms with van der Waals surface area (Å²) in [6, 6.07) is 14.1. The van der Waals surface area contributed by atoms with Crippen LogP contribution in [0.15, 0.2) is 69.8 Å². The Labute approximate surface area is 155 Å². The first-order chi connectivity index (χ1) is 12.5. The predicted molar refractivity (Wildman–Crippen MR) is 104 cm³/mol. The number of rotatable bonds is 3. The van der Waals surface area contributed by atoms with Crippen molar-refractivity contribution in [3.8, 4) is 5.75 Å². The molecule has 5 nitrogen and oxygen atoms in total. The summed E-state index contributed by atoms with van der Waals surface area (Å²) in [5, 5.41) is 20.5. The van der Waals surface area contributed by atoms with E-state index in [4.69, 9.17) is 4.74 Å². The molecule has 26 heavy (non-hydrogen) atoms. The zero-order valence-corrected chi connectivity index (χ0v) is 15.1. The van der Waals surface area contributed by atoms with Crippen LogP contribution < -0.4 is 0 Å². The number of benzene rings is 2. The minimum atomic E-state index is -0.651. The summed E-state index contributed by atoms with van der Waals surface area (Å²) in [4.78, 5) is 17.2. The summed E-state index contributed by atoms with van der Waals surface area (Å²) >= 11 is 1.18. The summed E-state index contributed by atoms with van der Waals surface area (Å²) in [5.41, 5.74) is 2.39. The number of aliphatic imine (C=N–C) groups is 1. The smallest absolute Gasteiger partial charge is 0.344 e. The fourth-order valence-corrected chi connectivity index (χ4v) is 3.48. The van der Waals surface area contributed by atoms with Gasteiger partial charge >= 0.3 is 5.97 Å². The lowest BCUT2D eigenvalue weighted by Crippen LogP contribution is -2.10. The number of aliphatic hydroxyl groups is 1. The zero-order valence-electron chi connectivity index (χ0n) is 14.3. The maximum atomic E-state index is 12.2. The third-order valence-electron chi connectivity index (χ3n) is 3.79. The number of aryl methyl sites for hydroxylation is 1. The molecule has 6 heteroatoms. The molecule has 0 amide bonds. The van der Waals surface area contributed by atoms with Gasteiger partial charge in [0.1, 0.15) is 22.1 Å². The molecule has 0 saturated carbocycles. The molecule has 0 fully saturated rings. The lowest BCUT2D eigenvalue weighted by atomic mass is 10.1. The summed E-state index contributed by atoms with van der Waals surface area (Å²) in [6.07, 6.45) is 1.68. The maximum Gasteiger partial charge on any atom is 0.344 e. The predicted octanol–water partition coefficient (Wildman–Crippen LogP) is 4.50. The molecule has 0 atom stereocenters. The summed E-state index contributed by atoms with van der Waals surface area (Å²) in [7, 11) is 1.26. The van der Waals surface area contributed by atoms with Gasteiger partial charge in [-0.2, -0.15) is 0 Å². The van der Waals surface area contributed by atoms with Crippen molar-refractivity contribution in [2.24, 2.45) is 4.99 Å². The zero-order chi connectivity index (χ0) is 18.7. The molecular formula is C20H17NO4S. The van der Waals surface area contributed by atoms with E-state index in [1.54, 1.807) is 30.3 Å². The second kappa shape index (κ2) is 7.49. The van der Waals surface area contributed by atoms with Crippen molar-refractivity contribution in [1.29, 1.82) is 0 Å². The van der Waals surface area contributed by atoms with E-state index >= 15 is 0 Å². The average molecular weight is 367 g/mol. The number of hydrogen-bond acceptors (Lipinski definition) is 6. The van der Waals surface area contributed by atoms with Crippen LogP contribution in [0.5, 0.6) is 5.75 Å². The summed E-state index contributed by atoms with van der Waals surface area (Å²) in [6.45, 7) is 1.92. The minimum Gasteiger partial charge on any atom is -0.508 e. The number of carbonyl (C=O) groups excluding carboxylic acids is 1. The Balaban J connectivity index is 2.07. The van der Waals surface area contributed by atoms with Crippen molar-refractivity contribution in [2.75, 3.05) is 7.11 Å². The van der Waals surface area contributed by atoms with Crippen LogP contribution in [-0.4, -0.2) is 28.3 Å². The van der Waals surface area contributed by atoms with Gasteiger partial charge in [0.2, 0.25) is 0 Å². The standard InChI is InChI=1S/C20H17NO4S/c1-12-6-3-4-9-15(12)21-19-17(20(24)25-2)18(23)16(26-19)11-13-7-5-8-14(22)10-13/h3-11,22-23H,1-2H3/b16-11+,21-19?. The Morgan fingerprint density at radius 1 is 1.15 bits per heavy atom. The normalized spacial score (nSPS) is 17.2. The Bertz CT molecular complexity index is 960. The molecule has 1 heterocycles. The molecule has 0 saturated heterocycles. The van der Waals surface area contributed by atoms with Gasteiger partial charge in [-0.05, 0) is 42.3 Å². The van der Waals surface area contributed by atoms with E-state index < -0.39 is 5.97 Å². The van der Waals surface area contributed by atoms with Crippen LogP contribution in [0.3, 0.4) is 0 Å². The Morgan fingerprint density at radius 2 is 1.92 bits per heavy atom. The van der Waals surface area contributed by atoms with Crippen LogP contribution in [0.1, 0.15) is 11.1 Å². The molecule has 0 aliphatic carbocycles. The Kier molecular flexibility index (Phi) is 5.14. The number of aromatic hydroxyl groups is 1.